The van der Waals surface area contributed by atoms with Crippen molar-refractivity contribution >= 4 is 12.1 Å². The molecule has 1 fully saturated rings. The molecule has 0 radical (unpaired) electrons. The molecular weight excluding hydrogens is 354 g/mol. The van der Waals surface area contributed by atoms with E-state index in [1.165, 1.54) is 0 Å². The zero-order valence-corrected chi connectivity index (χ0v) is 16.3. The number of hydrogen-bond acceptors (Lipinski definition) is 4. The van der Waals surface area contributed by atoms with E-state index in [9.17, 15) is 9.59 Å². The predicted octanol–water partition coefficient (Wildman–Crippen LogP) is 4.21. The molecule has 1 amide bonds. The van der Waals surface area contributed by atoms with Gasteiger partial charge in [-0.3, -0.25) is 4.79 Å². The van der Waals surface area contributed by atoms with Crippen LogP contribution < -0.4 is 0 Å². The summed E-state index contributed by atoms with van der Waals surface area (Å²) in [6.07, 6.45) is 1.71. The van der Waals surface area contributed by atoms with Crippen molar-refractivity contribution in [3.05, 3.63) is 71.8 Å². The smallest absolute Gasteiger partial charge is 0.410 e. The number of benzene rings is 2. The van der Waals surface area contributed by atoms with E-state index in [2.05, 4.69) is 0 Å². The van der Waals surface area contributed by atoms with Crippen molar-refractivity contribution in [1.82, 2.24) is 4.90 Å². The molecule has 0 spiro atoms. The van der Waals surface area contributed by atoms with Crippen LogP contribution >= 0.6 is 0 Å². The van der Waals surface area contributed by atoms with E-state index in [1.807, 2.05) is 60.7 Å². The molecule has 28 heavy (non-hydrogen) atoms. The summed E-state index contributed by atoms with van der Waals surface area (Å²) in [5.74, 6) is -0.567. The molecule has 1 heterocycles. The van der Waals surface area contributed by atoms with Gasteiger partial charge in [-0.2, -0.15) is 0 Å². The first kappa shape index (κ1) is 19.9. The topological polar surface area (TPSA) is 55.8 Å². The number of esters is 1. The molecular formula is C23H27NO4. The van der Waals surface area contributed by atoms with Gasteiger partial charge in [0.05, 0.1) is 18.6 Å². The van der Waals surface area contributed by atoms with E-state index in [1.54, 1.807) is 11.8 Å². The second kappa shape index (κ2) is 9.93. The lowest BCUT2D eigenvalue weighted by Crippen LogP contribution is -2.52. The second-order valence-electron chi connectivity index (χ2n) is 6.99. The Morgan fingerprint density at radius 2 is 1.61 bits per heavy atom. The molecule has 0 aromatic heterocycles. The fraction of sp³-hybridized carbons (Fsp3) is 0.391. The molecule has 3 rings (SSSR count). The number of piperidine rings is 1. The molecule has 2 aromatic carbocycles. The first-order chi connectivity index (χ1) is 13.7. The van der Waals surface area contributed by atoms with Crippen LogP contribution in [0.25, 0.3) is 0 Å². The highest BCUT2D eigenvalue weighted by atomic mass is 16.6. The number of ether oxygens (including phenoxy) is 2. The molecule has 0 N–H and O–H groups in total. The standard InChI is InChI=1S/C23H27NO4/c1-2-27-22(25)20-14-9-15-24(21(20)16-18-10-5-3-6-11-18)23(26)28-17-19-12-7-4-8-13-19/h3-8,10-13,20-21H,2,9,14-17H2,1H3. The third-order valence-corrected chi connectivity index (χ3v) is 5.10. The molecule has 2 atom stereocenters. The highest BCUT2D eigenvalue weighted by Gasteiger charge is 2.39. The number of rotatable bonds is 6. The monoisotopic (exact) mass is 381 g/mol. The van der Waals surface area contributed by atoms with Gasteiger partial charge in [0, 0.05) is 6.54 Å². The maximum absolute atomic E-state index is 12.8. The summed E-state index contributed by atoms with van der Waals surface area (Å²) in [6.45, 7) is 2.95. The van der Waals surface area contributed by atoms with Gasteiger partial charge in [0.2, 0.25) is 0 Å². The first-order valence-electron chi connectivity index (χ1n) is 9.87. The highest BCUT2D eigenvalue weighted by Crippen LogP contribution is 2.28. The van der Waals surface area contributed by atoms with E-state index in [0.717, 1.165) is 24.0 Å². The zero-order chi connectivity index (χ0) is 19.8. The molecule has 2 unspecified atom stereocenters. The largest absolute Gasteiger partial charge is 0.466 e. The molecule has 5 heteroatoms. The minimum absolute atomic E-state index is 0.221. The minimum atomic E-state index is -0.376. The van der Waals surface area contributed by atoms with E-state index in [-0.39, 0.29) is 30.6 Å². The molecule has 0 aliphatic carbocycles. The van der Waals surface area contributed by atoms with Gasteiger partial charge in [-0.25, -0.2) is 4.79 Å². The van der Waals surface area contributed by atoms with Gasteiger partial charge >= 0.3 is 12.1 Å². The molecule has 0 saturated carbocycles. The van der Waals surface area contributed by atoms with Crippen LogP contribution in [0.1, 0.15) is 30.9 Å². The Morgan fingerprint density at radius 1 is 0.964 bits per heavy atom. The molecule has 2 aromatic rings. The number of carbonyl (C=O) groups is 2. The van der Waals surface area contributed by atoms with Crippen molar-refractivity contribution < 1.29 is 19.1 Å². The summed E-state index contributed by atoms with van der Waals surface area (Å²) in [5, 5.41) is 0. The number of likely N-dealkylation sites (tertiary alicyclic amines) is 1. The SMILES string of the molecule is CCOC(=O)C1CCCN(C(=O)OCc2ccccc2)C1Cc1ccccc1. The van der Waals surface area contributed by atoms with Crippen LogP contribution in [0.2, 0.25) is 0 Å². The van der Waals surface area contributed by atoms with Crippen molar-refractivity contribution in [2.75, 3.05) is 13.2 Å². The maximum atomic E-state index is 12.8. The molecule has 5 nitrogen and oxygen atoms in total. The summed E-state index contributed by atoms with van der Waals surface area (Å²) >= 11 is 0. The number of hydrogen-bond donors (Lipinski definition) is 0. The Kier molecular flexibility index (Phi) is 7.06. The lowest BCUT2D eigenvalue weighted by molar-refractivity contribution is -0.151. The Balaban J connectivity index is 1.75. The van der Waals surface area contributed by atoms with Crippen LogP contribution in [0.3, 0.4) is 0 Å². The van der Waals surface area contributed by atoms with E-state index >= 15 is 0 Å². The zero-order valence-electron chi connectivity index (χ0n) is 16.3. The van der Waals surface area contributed by atoms with Crippen molar-refractivity contribution in [2.45, 2.75) is 38.8 Å². The van der Waals surface area contributed by atoms with Gasteiger partial charge in [-0.15, -0.1) is 0 Å². The van der Waals surface area contributed by atoms with Crippen LogP contribution in [0.5, 0.6) is 0 Å². The molecule has 148 valence electrons. The average Bonchev–Trinajstić information content (AvgIpc) is 2.74. The molecule has 1 saturated heterocycles. The van der Waals surface area contributed by atoms with Crippen molar-refractivity contribution in [3.8, 4) is 0 Å². The van der Waals surface area contributed by atoms with Crippen molar-refractivity contribution in [3.63, 3.8) is 0 Å². The van der Waals surface area contributed by atoms with Crippen molar-refractivity contribution in [1.29, 1.82) is 0 Å². The van der Waals surface area contributed by atoms with Gasteiger partial charge < -0.3 is 14.4 Å². The molecule has 1 aliphatic heterocycles. The predicted molar refractivity (Wildman–Crippen MR) is 107 cm³/mol. The van der Waals surface area contributed by atoms with Gasteiger partial charge in [-0.05, 0) is 37.3 Å². The quantitative estimate of drug-likeness (QED) is 0.704. The number of nitrogens with zero attached hydrogens (tertiary/aromatic N) is 1. The Hall–Kier alpha value is -2.82. The third-order valence-electron chi connectivity index (χ3n) is 5.10. The maximum Gasteiger partial charge on any atom is 0.410 e. The van der Waals surface area contributed by atoms with Crippen LogP contribution in [-0.4, -0.2) is 36.2 Å². The summed E-state index contributed by atoms with van der Waals surface area (Å²) < 4.78 is 10.8. The average molecular weight is 381 g/mol. The van der Waals surface area contributed by atoms with Crippen LogP contribution in [-0.2, 0) is 27.3 Å². The van der Waals surface area contributed by atoms with Gasteiger partial charge in [0.1, 0.15) is 6.61 Å². The molecule has 1 aliphatic rings. The van der Waals surface area contributed by atoms with Gasteiger partial charge in [-0.1, -0.05) is 60.7 Å². The normalized spacial score (nSPS) is 19.1. The number of carbonyl (C=O) groups excluding carboxylic acids is 2. The third kappa shape index (κ3) is 5.12. The highest BCUT2D eigenvalue weighted by molar-refractivity contribution is 5.76. The Bertz CT molecular complexity index is 763. The Morgan fingerprint density at radius 3 is 2.25 bits per heavy atom. The van der Waals surface area contributed by atoms with E-state index < -0.39 is 0 Å². The van der Waals surface area contributed by atoms with Crippen LogP contribution in [0, 0.1) is 5.92 Å². The fourth-order valence-corrected chi connectivity index (χ4v) is 3.72. The van der Waals surface area contributed by atoms with Crippen LogP contribution in [0.15, 0.2) is 60.7 Å². The van der Waals surface area contributed by atoms with E-state index in [4.69, 9.17) is 9.47 Å². The summed E-state index contributed by atoms with van der Waals surface area (Å²) in [4.78, 5) is 27.1. The molecule has 0 bridgehead atoms. The number of amides is 1. The summed E-state index contributed by atoms with van der Waals surface area (Å²) in [6, 6.07) is 19.3. The lowest BCUT2D eigenvalue weighted by atomic mass is 9.85. The van der Waals surface area contributed by atoms with Gasteiger partial charge in [0.15, 0.2) is 0 Å². The summed E-state index contributed by atoms with van der Waals surface area (Å²) in [7, 11) is 0. The van der Waals surface area contributed by atoms with Crippen molar-refractivity contribution in [2.24, 2.45) is 5.92 Å². The summed E-state index contributed by atoms with van der Waals surface area (Å²) in [5.41, 5.74) is 2.03. The van der Waals surface area contributed by atoms with Gasteiger partial charge in [0.25, 0.3) is 0 Å². The fourth-order valence-electron chi connectivity index (χ4n) is 3.72. The van der Waals surface area contributed by atoms with Crippen LogP contribution in [0.4, 0.5) is 4.79 Å². The second-order valence-corrected chi connectivity index (χ2v) is 6.99. The minimum Gasteiger partial charge on any atom is -0.466 e. The Labute approximate surface area is 166 Å². The van der Waals surface area contributed by atoms with E-state index in [0.29, 0.717) is 19.6 Å². The first-order valence-corrected chi connectivity index (χ1v) is 9.87. The lowest BCUT2D eigenvalue weighted by Gasteiger charge is -2.39.